The van der Waals surface area contributed by atoms with Crippen LogP contribution in [0.2, 0.25) is 0 Å². The van der Waals surface area contributed by atoms with Crippen LogP contribution >= 0.6 is 0 Å². The number of fused-ring (bicyclic) bond motifs is 37. The van der Waals surface area contributed by atoms with Crippen molar-refractivity contribution in [2.24, 2.45) is 35.2 Å². The lowest BCUT2D eigenvalue weighted by atomic mass is 10.0. The normalized spacial score (nSPS) is 11.8. The third-order valence-corrected chi connectivity index (χ3v) is 29.6. The zero-order chi connectivity index (χ0) is 93.5. The SMILES string of the molecule is Cc1cccc(-n2c3ccccc3c3c4ccccc4ccc32)c1.Cn1c2ccccc2c2c3ccc4c5ccccc5n(-c5ccccc5)c4c3ccc21.Cn1c2ccccc2c2c3ccccc3ccc21.Cn1c2ccccc2c2cc3ccccc3cc21.Cn1c2ccccc2c2ccc3c(ccc4c5ccccc5n(-c5ccccc5)c34)c21.Cn1c2ccccc2c2ccc3ccccc3c21. The first-order valence-corrected chi connectivity index (χ1v) is 48.3. The molecule has 664 valence electrons. The van der Waals surface area contributed by atoms with Gasteiger partial charge in [0, 0.05) is 204 Å². The van der Waals surface area contributed by atoms with Gasteiger partial charge >= 0.3 is 0 Å². The average Bonchev–Trinajstić information content (AvgIpc) is 1.55. The minimum Gasteiger partial charge on any atom is -0.344 e. The Bertz CT molecular complexity index is 10400. The molecule has 0 amide bonds. The van der Waals surface area contributed by atoms with Gasteiger partial charge in [-0.1, -0.05) is 358 Å². The van der Waals surface area contributed by atoms with Gasteiger partial charge in [-0.05, 0) is 171 Å². The van der Waals surface area contributed by atoms with Gasteiger partial charge in [-0.15, -0.1) is 0 Å². The van der Waals surface area contributed by atoms with Gasteiger partial charge in [0.1, 0.15) is 0 Å². The van der Waals surface area contributed by atoms with Crippen molar-refractivity contribution in [1.82, 2.24) is 36.5 Å². The lowest BCUT2D eigenvalue weighted by Gasteiger charge is -2.11. The molecule has 8 heteroatoms. The molecule has 0 unspecified atom stereocenters. The highest BCUT2D eigenvalue weighted by Gasteiger charge is 2.24. The fourth-order valence-corrected chi connectivity index (χ4v) is 23.3. The molecule has 31 rings (SSSR count). The number of benzene rings is 23. The Morgan fingerprint density at radius 2 is 0.400 bits per heavy atom. The molecular weight excluding hydrogens is 1700 g/mol. The molecule has 23 aromatic carbocycles. The second-order valence-electron chi connectivity index (χ2n) is 37.2. The van der Waals surface area contributed by atoms with Gasteiger partial charge in [0.25, 0.3) is 0 Å². The van der Waals surface area contributed by atoms with Crippen molar-refractivity contribution in [3.63, 3.8) is 0 Å². The quantitative estimate of drug-likeness (QED) is 0.169. The van der Waals surface area contributed by atoms with Crippen LogP contribution in [0.4, 0.5) is 0 Å². The number of hydrogen-bond donors (Lipinski definition) is 0. The van der Waals surface area contributed by atoms with Gasteiger partial charge in [0.15, 0.2) is 0 Å². The first-order valence-electron chi connectivity index (χ1n) is 48.3. The van der Waals surface area contributed by atoms with Gasteiger partial charge in [0.05, 0.1) is 44.1 Å². The van der Waals surface area contributed by atoms with Crippen LogP contribution in [0.3, 0.4) is 0 Å². The monoisotopic (exact) mass is 1790 g/mol. The van der Waals surface area contributed by atoms with Gasteiger partial charge in [0.2, 0.25) is 0 Å². The summed E-state index contributed by atoms with van der Waals surface area (Å²) < 4.78 is 18.7. The minimum absolute atomic E-state index is 1.19. The van der Waals surface area contributed by atoms with Gasteiger partial charge in [-0.3, -0.25) is 0 Å². The second-order valence-corrected chi connectivity index (χ2v) is 37.2. The lowest BCUT2D eigenvalue weighted by Crippen LogP contribution is -1.94. The standard InChI is InChI=1S/2C29H20N2.C23H17N.3C17H13N/c1-30-25-13-7-6-12-24(25)28-21-15-16-22-20-11-5-8-14-26(20)31(19-9-3-2-4-10-19)29(22)23(21)17-18-27(28)30;1-30-26-13-7-5-11-20(26)22-15-18-25-24(28(22)30)17-16-23-21-12-6-8-14-27(21)31(29(23)25)19-9-3-2-4-10-19;1-16-7-6-9-18(15-16)24-21-12-5-4-11-20(21)23-19-10-3-2-8-17(19)13-14-22(23)24;1-18-16-9-5-4-8-14(16)15-10-12-6-2-3-7-13(12)11-17(15)18;1-18-16-9-5-4-8-14(16)15-11-10-12-6-2-3-7-13(12)17(15)18;1-18-15-9-5-4-8-14(15)17-13-7-3-2-6-12(13)10-11-16(17)18/h2*2-18H,1H3;2-15H,1H3;3*2-11H,1H3. The van der Waals surface area contributed by atoms with E-state index < -0.39 is 0 Å². The predicted molar refractivity (Wildman–Crippen MR) is 601 cm³/mol. The van der Waals surface area contributed by atoms with Crippen molar-refractivity contribution in [2.75, 3.05) is 0 Å². The summed E-state index contributed by atoms with van der Waals surface area (Å²) in [6.45, 7) is 2.15. The van der Waals surface area contributed by atoms with Crippen LogP contribution in [0, 0.1) is 6.92 Å². The van der Waals surface area contributed by atoms with E-state index in [9.17, 15) is 0 Å². The molecule has 8 heterocycles. The fraction of sp³-hybridized carbons (Fsp3) is 0.0455. The molecular formula is C132H96N8. The largest absolute Gasteiger partial charge is 0.344 e. The molecule has 0 aliphatic heterocycles. The van der Waals surface area contributed by atoms with E-state index >= 15 is 0 Å². The van der Waals surface area contributed by atoms with Crippen LogP contribution in [0.5, 0.6) is 0 Å². The van der Waals surface area contributed by atoms with Crippen molar-refractivity contribution in [1.29, 1.82) is 0 Å². The molecule has 0 saturated heterocycles. The number of aryl methyl sites for hydroxylation is 6. The molecule has 0 fully saturated rings. The maximum atomic E-state index is 2.42. The summed E-state index contributed by atoms with van der Waals surface area (Å²) in [6, 6.07) is 170. The van der Waals surface area contributed by atoms with Crippen LogP contribution in [-0.2, 0) is 35.2 Å². The third kappa shape index (κ3) is 13.2. The molecule has 0 bridgehead atoms. The Morgan fingerprint density at radius 3 is 0.886 bits per heavy atom. The first-order chi connectivity index (χ1) is 69.0. The molecule has 0 atom stereocenters. The number of hydrogen-bond acceptors (Lipinski definition) is 0. The molecule has 0 aliphatic carbocycles. The highest BCUT2D eigenvalue weighted by molar-refractivity contribution is 6.30. The molecule has 140 heavy (non-hydrogen) atoms. The van der Waals surface area contributed by atoms with E-state index in [1.165, 1.54) is 262 Å². The summed E-state index contributed by atoms with van der Waals surface area (Å²) in [5.41, 5.74) is 25.4. The van der Waals surface area contributed by atoms with Crippen molar-refractivity contribution in [3.05, 3.63) is 479 Å². The fourth-order valence-electron chi connectivity index (χ4n) is 23.3. The summed E-state index contributed by atoms with van der Waals surface area (Å²) in [5.74, 6) is 0. The highest BCUT2D eigenvalue weighted by Crippen LogP contribution is 2.46. The third-order valence-electron chi connectivity index (χ3n) is 29.6. The van der Waals surface area contributed by atoms with Crippen LogP contribution < -0.4 is 0 Å². The zero-order valence-electron chi connectivity index (χ0n) is 78.6. The Morgan fingerprint density at radius 1 is 0.129 bits per heavy atom. The number of nitrogens with zero attached hydrogens (tertiary/aromatic N) is 8. The summed E-state index contributed by atoms with van der Waals surface area (Å²) in [5, 5.41) is 36.8. The van der Waals surface area contributed by atoms with Gasteiger partial charge in [-0.25, -0.2) is 0 Å². The van der Waals surface area contributed by atoms with Crippen molar-refractivity contribution >= 4 is 239 Å². The highest BCUT2D eigenvalue weighted by atomic mass is 15.0. The van der Waals surface area contributed by atoms with Crippen LogP contribution in [0.1, 0.15) is 5.56 Å². The molecule has 8 nitrogen and oxygen atoms in total. The van der Waals surface area contributed by atoms with E-state index in [0.717, 1.165) is 0 Å². The molecule has 0 aliphatic rings. The van der Waals surface area contributed by atoms with Gasteiger partial charge < -0.3 is 36.5 Å². The zero-order valence-corrected chi connectivity index (χ0v) is 78.6. The molecule has 0 radical (unpaired) electrons. The number of aromatic nitrogens is 8. The van der Waals surface area contributed by atoms with Crippen LogP contribution in [-0.4, -0.2) is 36.5 Å². The lowest BCUT2D eigenvalue weighted by molar-refractivity contribution is 1.01. The van der Waals surface area contributed by atoms with Gasteiger partial charge in [-0.2, -0.15) is 0 Å². The number of para-hydroxylation sites is 10. The summed E-state index contributed by atoms with van der Waals surface area (Å²) >= 11 is 0. The summed E-state index contributed by atoms with van der Waals surface area (Å²) in [6.07, 6.45) is 0. The number of rotatable bonds is 3. The van der Waals surface area contributed by atoms with E-state index in [4.69, 9.17) is 0 Å². The summed E-state index contributed by atoms with van der Waals surface area (Å²) in [4.78, 5) is 0. The second kappa shape index (κ2) is 33.5. The van der Waals surface area contributed by atoms with E-state index in [1.807, 2.05) is 0 Å². The average molecular weight is 1790 g/mol. The molecule has 31 aromatic rings. The van der Waals surface area contributed by atoms with Crippen LogP contribution in [0.15, 0.2) is 473 Å². The van der Waals surface area contributed by atoms with E-state index in [-0.39, 0.29) is 0 Å². The van der Waals surface area contributed by atoms with Crippen molar-refractivity contribution < 1.29 is 0 Å². The Labute approximate surface area is 807 Å². The minimum atomic E-state index is 1.19. The Kier molecular flexibility index (Phi) is 19.8. The van der Waals surface area contributed by atoms with Crippen molar-refractivity contribution in [2.45, 2.75) is 6.92 Å². The first kappa shape index (κ1) is 82.7. The van der Waals surface area contributed by atoms with Crippen molar-refractivity contribution in [3.8, 4) is 17.1 Å². The Hall–Kier alpha value is -18.0. The molecule has 0 N–H and O–H groups in total. The smallest absolute Gasteiger partial charge is 0.0620 e. The predicted octanol–water partition coefficient (Wildman–Crippen LogP) is 34.9. The van der Waals surface area contributed by atoms with E-state index in [1.54, 1.807) is 0 Å². The topological polar surface area (TPSA) is 39.4 Å². The maximum absolute atomic E-state index is 2.42. The molecule has 8 aromatic heterocycles. The molecule has 0 saturated carbocycles. The maximum Gasteiger partial charge on any atom is 0.0620 e. The van der Waals surface area contributed by atoms with E-state index in [0.29, 0.717) is 0 Å². The van der Waals surface area contributed by atoms with E-state index in [2.05, 4.69) is 552 Å². The Balaban J connectivity index is 0.0000000878. The molecule has 0 spiro atoms. The van der Waals surface area contributed by atoms with Crippen LogP contribution in [0.25, 0.3) is 256 Å². The summed E-state index contributed by atoms with van der Waals surface area (Å²) in [7, 11) is 10.8.